The average Bonchev–Trinajstić information content (AvgIpc) is 3.37. The van der Waals surface area contributed by atoms with Gasteiger partial charge in [-0.1, -0.05) is 36.4 Å². The summed E-state index contributed by atoms with van der Waals surface area (Å²) < 4.78 is 10.3. The van der Waals surface area contributed by atoms with Gasteiger partial charge in [0.25, 0.3) is 0 Å². The number of hydrogen-bond acceptors (Lipinski definition) is 5. The van der Waals surface area contributed by atoms with Gasteiger partial charge in [0, 0.05) is 30.7 Å². The van der Waals surface area contributed by atoms with E-state index in [1.165, 1.54) is 24.7 Å². The maximum Gasteiger partial charge on any atom is 0.356 e. The molecule has 3 aromatic rings. The molecule has 3 N–H and O–H groups in total. The molecule has 1 unspecified atom stereocenters. The minimum absolute atomic E-state index is 0.196. The summed E-state index contributed by atoms with van der Waals surface area (Å²) in [4.78, 5) is 30.0. The lowest BCUT2D eigenvalue weighted by Gasteiger charge is -2.35. The van der Waals surface area contributed by atoms with Crippen LogP contribution in [0.4, 0.5) is 16.2 Å². The quantitative estimate of drug-likeness (QED) is 0.459. The third-order valence-electron chi connectivity index (χ3n) is 6.76. The van der Waals surface area contributed by atoms with Gasteiger partial charge in [-0.3, -0.25) is 4.90 Å². The van der Waals surface area contributed by atoms with Crippen LogP contribution in [-0.4, -0.2) is 61.3 Å². The fraction of sp³-hybridized carbons (Fsp3) is 0.333. The first kappa shape index (κ1) is 23.1. The predicted octanol–water partition coefficient (Wildman–Crippen LogP) is 4.87. The van der Waals surface area contributed by atoms with Crippen molar-refractivity contribution in [2.45, 2.75) is 25.3 Å². The number of morpholine rings is 1. The molecule has 1 saturated heterocycles. The number of ether oxygens (including phenoxy) is 2. The van der Waals surface area contributed by atoms with Crippen LogP contribution in [0.2, 0.25) is 0 Å². The van der Waals surface area contributed by atoms with Crippen LogP contribution in [0.25, 0.3) is 16.3 Å². The van der Waals surface area contributed by atoms with Gasteiger partial charge < -0.3 is 25.1 Å². The van der Waals surface area contributed by atoms with Crippen molar-refractivity contribution in [3.63, 3.8) is 0 Å². The second-order valence-electron chi connectivity index (χ2n) is 8.84. The Balaban J connectivity index is 1.39. The molecule has 8 nitrogen and oxygen atoms in total. The highest BCUT2D eigenvalue weighted by Gasteiger charge is 2.24. The van der Waals surface area contributed by atoms with Crippen LogP contribution in [0, 0.1) is 0 Å². The van der Waals surface area contributed by atoms with Crippen LogP contribution in [0.15, 0.2) is 54.7 Å². The van der Waals surface area contributed by atoms with E-state index in [0.717, 1.165) is 49.9 Å². The molecule has 182 valence electrons. The number of nitrogens with zero attached hydrogens (tertiary/aromatic N) is 1. The van der Waals surface area contributed by atoms with E-state index in [2.05, 4.69) is 38.7 Å². The minimum Gasteiger partial charge on any atom is -0.464 e. The minimum atomic E-state index is -0.545. The summed E-state index contributed by atoms with van der Waals surface area (Å²) in [5.41, 5.74) is 3.83. The van der Waals surface area contributed by atoms with Crippen LogP contribution in [0.1, 0.15) is 35.3 Å². The summed E-state index contributed by atoms with van der Waals surface area (Å²) >= 11 is 0. The molecular weight excluding hydrogens is 444 g/mol. The summed E-state index contributed by atoms with van der Waals surface area (Å²) in [5.74, 6) is -0.545. The molecule has 2 aliphatic rings. The number of carbonyl (C=O) groups is 2. The zero-order valence-corrected chi connectivity index (χ0v) is 19.8. The van der Waals surface area contributed by atoms with Crippen molar-refractivity contribution in [1.82, 2.24) is 9.88 Å². The van der Waals surface area contributed by atoms with Crippen molar-refractivity contribution >= 4 is 39.7 Å². The van der Waals surface area contributed by atoms with Crippen molar-refractivity contribution in [1.29, 1.82) is 0 Å². The fourth-order valence-corrected chi connectivity index (χ4v) is 5.03. The first-order valence-electron chi connectivity index (χ1n) is 12.0. The molecule has 0 bridgehead atoms. The van der Waals surface area contributed by atoms with E-state index in [1.807, 2.05) is 24.3 Å². The average molecular weight is 475 g/mol. The number of urea groups is 1. The van der Waals surface area contributed by atoms with E-state index < -0.39 is 12.0 Å². The Morgan fingerprint density at radius 2 is 1.80 bits per heavy atom. The van der Waals surface area contributed by atoms with Crippen molar-refractivity contribution < 1.29 is 19.1 Å². The summed E-state index contributed by atoms with van der Waals surface area (Å²) in [6, 6.07) is 13.8. The Morgan fingerprint density at radius 3 is 2.60 bits per heavy atom. The first-order chi connectivity index (χ1) is 17.1. The monoisotopic (exact) mass is 474 g/mol. The topological polar surface area (TPSA) is 95.7 Å². The lowest BCUT2D eigenvalue weighted by atomic mass is 9.87. The van der Waals surface area contributed by atoms with E-state index in [0.29, 0.717) is 17.4 Å². The third kappa shape index (κ3) is 4.94. The summed E-state index contributed by atoms with van der Waals surface area (Å²) in [7, 11) is 1.30. The number of esters is 1. The lowest BCUT2D eigenvalue weighted by Crippen LogP contribution is -2.43. The number of anilines is 2. The Kier molecular flexibility index (Phi) is 6.83. The number of aromatic amines is 1. The Bertz CT molecular complexity index is 1260. The highest BCUT2D eigenvalue weighted by Crippen LogP contribution is 2.36. The molecule has 8 heteroatoms. The predicted molar refractivity (Wildman–Crippen MR) is 137 cm³/mol. The first-order valence-corrected chi connectivity index (χ1v) is 12.0. The third-order valence-corrected chi connectivity index (χ3v) is 6.76. The zero-order chi connectivity index (χ0) is 24.2. The highest BCUT2D eigenvalue weighted by molar-refractivity contribution is 6.10. The summed E-state index contributed by atoms with van der Waals surface area (Å²) in [5, 5.41) is 7.75. The molecule has 35 heavy (non-hydrogen) atoms. The van der Waals surface area contributed by atoms with Gasteiger partial charge in [-0.05, 0) is 47.9 Å². The van der Waals surface area contributed by atoms with Crippen molar-refractivity contribution in [2.75, 3.05) is 44.0 Å². The molecule has 0 radical (unpaired) electrons. The maximum absolute atomic E-state index is 12.8. The number of benzene rings is 2. The number of rotatable bonds is 5. The van der Waals surface area contributed by atoms with Crippen LogP contribution in [0.5, 0.6) is 0 Å². The number of allylic oxidation sites excluding steroid dienone is 1. The Morgan fingerprint density at radius 1 is 1.03 bits per heavy atom. The van der Waals surface area contributed by atoms with Gasteiger partial charge in [-0.25, -0.2) is 9.59 Å². The van der Waals surface area contributed by atoms with Gasteiger partial charge in [0.2, 0.25) is 0 Å². The molecular formula is C27H30N4O4. The van der Waals surface area contributed by atoms with Crippen molar-refractivity contribution in [2.24, 2.45) is 0 Å². The molecule has 2 aromatic carbocycles. The largest absolute Gasteiger partial charge is 0.464 e. The van der Waals surface area contributed by atoms with E-state index in [-0.39, 0.29) is 5.69 Å². The van der Waals surface area contributed by atoms with Gasteiger partial charge in [0.15, 0.2) is 0 Å². The van der Waals surface area contributed by atoms with E-state index in [1.54, 1.807) is 12.3 Å². The molecule has 2 amide bonds. The van der Waals surface area contributed by atoms with E-state index >= 15 is 0 Å². The zero-order valence-electron chi connectivity index (χ0n) is 19.8. The smallest absolute Gasteiger partial charge is 0.356 e. The summed E-state index contributed by atoms with van der Waals surface area (Å²) in [6.07, 6.45) is 7.38. The summed E-state index contributed by atoms with van der Waals surface area (Å²) in [6.45, 7) is 3.56. The second kappa shape index (κ2) is 10.3. The standard InChI is InChI=1S/C27H30N4O4/c1-34-26(32)25-24(11-12-28-25)30-27(33)29-23-10-9-20(21-7-2-3-8-22(21)23)18-5-4-6-19(17-18)31-13-15-35-16-14-31/h2-3,7-12,17,19,28H,4-6,13-16H2,1H3,(H2,29,30,33). The molecule has 1 aliphatic carbocycles. The molecule has 1 fully saturated rings. The van der Waals surface area contributed by atoms with Crippen LogP contribution in [-0.2, 0) is 9.47 Å². The number of aromatic nitrogens is 1. The van der Waals surface area contributed by atoms with Gasteiger partial charge >= 0.3 is 12.0 Å². The van der Waals surface area contributed by atoms with Crippen molar-refractivity contribution in [3.05, 3.63) is 66.0 Å². The van der Waals surface area contributed by atoms with Gasteiger partial charge in [0.05, 0.1) is 31.7 Å². The molecule has 1 aromatic heterocycles. The molecule has 5 rings (SSSR count). The highest BCUT2D eigenvalue weighted by atomic mass is 16.5. The molecule has 1 aliphatic heterocycles. The number of hydrogen-bond donors (Lipinski definition) is 3. The Hall–Kier alpha value is -3.62. The normalized spacial score (nSPS) is 18.7. The van der Waals surface area contributed by atoms with E-state index in [4.69, 9.17) is 9.47 Å². The molecule has 1 atom stereocenters. The number of H-pyrrole nitrogens is 1. The molecule has 0 saturated carbocycles. The molecule has 0 spiro atoms. The molecule has 2 heterocycles. The van der Waals surface area contributed by atoms with E-state index in [9.17, 15) is 9.59 Å². The van der Waals surface area contributed by atoms with Crippen molar-refractivity contribution in [3.8, 4) is 0 Å². The van der Waals surface area contributed by atoms with Gasteiger partial charge in [-0.2, -0.15) is 0 Å². The number of methoxy groups -OCH3 is 1. The Labute approximate surface area is 204 Å². The number of fused-ring (bicyclic) bond motifs is 1. The second-order valence-corrected chi connectivity index (χ2v) is 8.84. The lowest BCUT2D eigenvalue weighted by molar-refractivity contribution is 0.0234. The number of amides is 2. The number of carbonyl (C=O) groups excluding carboxylic acids is 2. The van der Waals surface area contributed by atoms with Gasteiger partial charge in [-0.15, -0.1) is 0 Å². The fourth-order valence-electron chi connectivity index (χ4n) is 5.03. The SMILES string of the molecule is COC(=O)c1[nH]ccc1NC(=O)Nc1ccc(C2=CC(N3CCOCC3)CCC2)c2ccccc12. The number of nitrogens with one attached hydrogen (secondary N) is 3. The van der Waals surface area contributed by atoms with Crippen LogP contribution in [0.3, 0.4) is 0 Å². The maximum atomic E-state index is 12.8. The van der Waals surface area contributed by atoms with Crippen LogP contribution < -0.4 is 10.6 Å². The van der Waals surface area contributed by atoms with Crippen LogP contribution >= 0.6 is 0 Å². The van der Waals surface area contributed by atoms with Gasteiger partial charge in [0.1, 0.15) is 5.69 Å².